The zero-order chi connectivity index (χ0) is 11.7. The molecule has 82 valence electrons. The molecule has 0 aliphatic carbocycles. The van der Waals surface area contributed by atoms with Crippen molar-refractivity contribution in [1.82, 2.24) is 0 Å². The monoisotopic (exact) mass is 222 g/mol. The quantitative estimate of drug-likeness (QED) is 0.827. The molecule has 0 spiro atoms. The van der Waals surface area contributed by atoms with Gasteiger partial charge in [-0.1, -0.05) is 42.5 Å². The molecule has 0 radical (unpaired) electrons. The minimum atomic E-state index is 0.231. The lowest BCUT2D eigenvalue weighted by atomic mass is 10.0. The predicted molar refractivity (Wildman–Crippen MR) is 66.2 cm³/mol. The summed E-state index contributed by atoms with van der Waals surface area (Å²) in [5, 5.41) is 17.8. The molecule has 0 saturated carbocycles. The number of hydrogen-bond acceptors (Lipinski definition) is 3. The van der Waals surface area contributed by atoms with Crippen molar-refractivity contribution in [2.75, 3.05) is 0 Å². The maximum atomic E-state index is 9.77. The molecule has 3 rings (SSSR count). The Balaban J connectivity index is 2.08. The molecule has 0 bridgehead atoms. The fourth-order valence-corrected chi connectivity index (χ4v) is 1.80. The van der Waals surface area contributed by atoms with E-state index >= 15 is 0 Å². The Bertz CT molecular complexity index is 615. The van der Waals surface area contributed by atoms with E-state index in [4.69, 9.17) is 0 Å². The molecule has 1 aliphatic rings. The van der Waals surface area contributed by atoms with Crippen LogP contribution in [-0.4, -0.2) is 5.11 Å². The Kier molecular flexibility index (Phi) is 2.22. The summed E-state index contributed by atoms with van der Waals surface area (Å²) in [6.45, 7) is 0. The van der Waals surface area contributed by atoms with Gasteiger partial charge in [0.15, 0.2) is 0 Å². The Morgan fingerprint density at radius 2 is 1.35 bits per heavy atom. The number of azo groups is 1. The lowest BCUT2D eigenvalue weighted by molar-refractivity contribution is 0.473. The molecule has 1 aliphatic heterocycles. The molecule has 0 fully saturated rings. The number of phenols is 1. The van der Waals surface area contributed by atoms with Gasteiger partial charge in [0.25, 0.3) is 0 Å². The molecule has 3 heteroatoms. The molecule has 0 atom stereocenters. The van der Waals surface area contributed by atoms with E-state index in [1.807, 2.05) is 42.5 Å². The van der Waals surface area contributed by atoms with E-state index in [0.717, 1.165) is 22.5 Å². The molecule has 2 aromatic rings. The Morgan fingerprint density at radius 1 is 0.706 bits per heavy atom. The highest BCUT2D eigenvalue weighted by Crippen LogP contribution is 2.39. The van der Waals surface area contributed by atoms with Gasteiger partial charge in [0.05, 0.1) is 0 Å². The maximum absolute atomic E-state index is 9.77. The molecular formula is C14H10N2O. The second kappa shape index (κ2) is 3.87. The first-order chi connectivity index (χ1) is 8.36. The minimum absolute atomic E-state index is 0.231. The van der Waals surface area contributed by atoms with Crippen molar-refractivity contribution in [2.24, 2.45) is 10.2 Å². The number of phenolic OH excluding ortho intramolecular Hbond substituents is 1. The standard InChI is InChI=1S/C14H10N2O/c17-12-9-5-4-8-11(12)14-13(15-16-14)10-6-2-1-3-7-10/h1-9,17H. The summed E-state index contributed by atoms with van der Waals surface area (Å²) in [5.74, 6) is 0.231. The topological polar surface area (TPSA) is 45.0 Å². The van der Waals surface area contributed by atoms with Crippen LogP contribution in [0, 0.1) is 0 Å². The second-order valence-corrected chi connectivity index (χ2v) is 3.78. The summed E-state index contributed by atoms with van der Waals surface area (Å²) in [4.78, 5) is 0. The number of rotatable bonds is 2. The fraction of sp³-hybridized carbons (Fsp3) is 0. The van der Waals surface area contributed by atoms with Gasteiger partial charge >= 0.3 is 0 Å². The summed E-state index contributed by atoms with van der Waals surface area (Å²) >= 11 is 0. The third-order valence-corrected chi connectivity index (χ3v) is 2.68. The molecule has 17 heavy (non-hydrogen) atoms. The number of para-hydroxylation sites is 1. The van der Waals surface area contributed by atoms with Crippen molar-refractivity contribution in [3.8, 4) is 5.75 Å². The summed E-state index contributed by atoms with van der Waals surface area (Å²) in [6.07, 6.45) is 0. The van der Waals surface area contributed by atoms with Gasteiger partial charge in [0.2, 0.25) is 0 Å². The van der Waals surface area contributed by atoms with Gasteiger partial charge in [0, 0.05) is 11.1 Å². The molecule has 0 aromatic heterocycles. The first kappa shape index (κ1) is 9.78. The molecule has 2 aromatic carbocycles. The van der Waals surface area contributed by atoms with E-state index in [9.17, 15) is 5.11 Å². The number of hydrogen-bond donors (Lipinski definition) is 1. The normalized spacial score (nSPS) is 13.6. The largest absolute Gasteiger partial charge is 0.507 e. The Morgan fingerprint density at radius 3 is 2.00 bits per heavy atom. The zero-order valence-corrected chi connectivity index (χ0v) is 9.04. The molecule has 0 unspecified atom stereocenters. The van der Waals surface area contributed by atoms with Gasteiger partial charge in [-0.05, 0) is 12.1 Å². The molecule has 0 saturated heterocycles. The van der Waals surface area contributed by atoms with Crippen molar-refractivity contribution in [3.05, 3.63) is 65.7 Å². The highest BCUT2D eigenvalue weighted by Gasteiger charge is 2.20. The molecule has 0 amide bonds. The summed E-state index contributed by atoms with van der Waals surface area (Å²) < 4.78 is 0. The van der Waals surface area contributed by atoms with Crippen LogP contribution >= 0.6 is 0 Å². The second-order valence-electron chi connectivity index (χ2n) is 3.78. The van der Waals surface area contributed by atoms with Crippen LogP contribution in [0.4, 0.5) is 0 Å². The van der Waals surface area contributed by atoms with E-state index in [0.29, 0.717) is 0 Å². The lowest BCUT2D eigenvalue weighted by Crippen LogP contribution is -1.95. The van der Waals surface area contributed by atoms with E-state index in [1.165, 1.54) is 0 Å². The third kappa shape index (κ3) is 1.61. The van der Waals surface area contributed by atoms with Gasteiger partial charge < -0.3 is 5.11 Å². The van der Waals surface area contributed by atoms with Gasteiger partial charge in [-0.25, -0.2) is 0 Å². The minimum Gasteiger partial charge on any atom is -0.507 e. The van der Waals surface area contributed by atoms with Crippen molar-refractivity contribution in [3.63, 3.8) is 0 Å². The van der Waals surface area contributed by atoms with Gasteiger partial charge in [0.1, 0.15) is 17.1 Å². The van der Waals surface area contributed by atoms with Crippen molar-refractivity contribution >= 4 is 11.4 Å². The van der Waals surface area contributed by atoms with E-state index in [-0.39, 0.29) is 5.75 Å². The first-order valence-electron chi connectivity index (χ1n) is 5.36. The average molecular weight is 222 g/mol. The number of nitrogens with zero attached hydrogens (tertiary/aromatic N) is 2. The van der Waals surface area contributed by atoms with Gasteiger partial charge in [-0.3, -0.25) is 0 Å². The van der Waals surface area contributed by atoms with Crippen molar-refractivity contribution in [1.29, 1.82) is 0 Å². The van der Waals surface area contributed by atoms with Crippen LogP contribution in [0.3, 0.4) is 0 Å². The highest BCUT2D eigenvalue weighted by atomic mass is 16.3. The third-order valence-electron chi connectivity index (χ3n) is 2.68. The van der Waals surface area contributed by atoms with Crippen LogP contribution < -0.4 is 0 Å². The number of benzene rings is 2. The molecule has 1 N–H and O–H groups in total. The van der Waals surface area contributed by atoms with Crippen LogP contribution in [0.25, 0.3) is 11.4 Å². The van der Waals surface area contributed by atoms with Crippen LogP contribution in [0.15, 0.2) is 64.8 Å². The van der Waals surface area contributed by atoms with Crippen molar-refractivity contribution < 1.29 is 5.11 Å². The first-order valence-corrected chi connectivity index (χ1v) is 5.36. The zero-order valence-electron chi connectivity index (χ0n) is 9.04. The van der Waals surface area contributed by atoms with Crippen LogP contribution in [0.1, 0.15) is 11.1 Å². The highest BCUT2D eigenvalue weighted by molar-refractivity contribution is 5.94. The maximum Gasteiger partial charge on any atom is 0.125 e. The van der Waals surface area contributed by atoms with E-state index in [1.54, 1.807) is 12.1 Å². The molecular weight excluding hydrogens is 212 g/mol. The molecule has 3 nitrogen and oxygen atoms in total. The van der Waals surface area contributed by atoms with Crippen LogP contribution in [0.2, 0.25) is 0 Å². The van der Waals surface area contributed by atoms with Crippen LogP contribution in [0.5, 0.6) is 5.75 Å². The molecule has 1 heterocycles. The Labute approximate surface area is 98.8 Å². The van der Waals surface area contributed by atoms with E-state index in [2.05, 4.69) is 10.2 Å². The predicted octanol–water partition coefficient (Wildman–Crippen LogP) is 3.68. The summed E-state index contributed by atoms with van der Waals surface area (Å²) in [7, 11) is 0. The smallest absolute Gasteiger partial charge is 0.125 e. The van der Waals surface area contributed by atoms with Gasteiger partial charge in [-0.2, -0.15) is 0 Å². The summed E-state index contributed by atoms with van der Waals surface area (Å²) in [5.41, 5.74) is 3.31. The number of aromatic hydroxyl groups is 1. The SMILES string of the molecule is Oc1ccccc1C1=C(c2ccccc2)N=N1. The fourth-order valence-electron chi connectivity index (χ4n) is 1.80. The van der Waals surface area contributed by atoms with Crippen molar-refractivity contribution in [2.45, 2.75) is 0 Å². The van der Waals surface area contributed by atoms with E-state index < -0.39 is 0 Å². The van der Waals surface area contributed by atoms with Crippen LogP contribution in [-0.2, 0) is 0 Å². The average Bonchev–Trinajstić information content (AvgIpc) is 2.32. The lowest BCUT2D eigenvalue weighted by Gasteiger charge is -2.14. The van der Waals surface area contributed by atoms with Gasteiger partial charge in [-0.15, -0.1) is 10.2 Å². The Hall–Kier alpha value is -2.42. The summed E-state index contributed by atoms with van der Waals surface area (Å²) in [6, 6.07) is 17.0.